The van der Waals surface area contributed by atoms with Gasteiger partial charge in [-0.25, -0.2) is 8.42 Å². The number of nitrogens with zero attached hydrogens (tertiary/aromatic N) is 2. The van der Waals surface area contributed by atoms with E-state index in [4.69, 9.17) is 17.3 Å². The van der Waals surface area contributed by atoms with Crippen molar-refractivity contribution in [3.8, 4) is 0 Å². The Labute approximate surface area is 191 Å². The average molecular weight is 475 g/mol. The number of hydrogen-bond acceptors (Lipinski definition) is 5. The van der Waals surface area contributed by atoms with Gasteiger partial charge in [0.15, 0.2) is 0 Å². The first-order chi connectivity index (χ1) is 14.9. The molecule has 0 saturated carbocycles. The molecule has 3 N–H and O–H groups in total. The second-order valence-corrected chi connectivity index (χ2v) is 9.94. The lowest BCUT2D eigenvalue weighted by molar-refractivity contribution is 0.0779. The molecule has 2 heterocycles. The van der Waals surface area contributed by atoms with Crippen LogP contribution in [0.4, 0.5) is 0 Å². The maximum Gasteiger partial charge on any atom is 0.270 e. The Morgan fingerprint density at radius 3 is 2.31 bits per heavy atom. The summed E-state index contributed by atoms with van der Waals surface area (Å²) in [6, 6.07) is 6.54. The molecule has 0 radical (unpaired) electrons. The van der Waals surface area contributed by atoms with Crippen LogP contribution < -0.4 is 5.73 Å². The Bertz CT molecular complexity index is 1310. The zero-order valence-corrected chi connectivity index (χ0v) is 19.6. The largest absolute Gasteiger partial charge is 0.364 e. The van der Waals surface area contributed by atoms with Gasteiger partial charge in [-0.1, -0.05) is 17.7 Å². The Hall–Kier alpha value is -3.17. The number of benzene rings is 1. The van der Waals surface area contributed by atoms with Gasteiger partial charge < -0.3 is 15.6 Å². The fourth-order valence-corrected chi connectivity index (χ4v) is 5.58. The fourth-order valence-electron chi connectivity index (χ4n) is 3.56. The summed E-state index contributed by atoms with van der Waals surface area (Å²) in [6.45, 7) is 5.18. The van der Waals surface area contributed by atoms with E-state index in [1.807, 2.05) is 6.07 Å². The molecule has 0 unspecified atom stereocenters. The molecule has 8 nitrogen and oxygen atoms in total. The van der Waals surface area contributed by atoms with Crippen LogP contribution in [0.5, 0.6) is 0 Å². The van der Waals surface area contributed by atoms with E-state index >= 15 is 0 Å². The predicted octanol–water partition coefficient (Wildman–Crippen LogP) is 3.19. The van der Waals surface area contributed by atoms with Crippen LogP contribution in [0, 0.1) is 20.8 Å². The van der Waals surface area contributed by atoms with Crippen LogP contribution in [0.3, 0.4) is 0 Å². The van der Waals surface area contributed by atoms with Crippen molar-refractivity contribution in [1.82, 2.24) is 14.9 Å². The Morgan fingerprint density at radius 2 is 1.75 bits per heavy atom. The summed E-state index contributed by atoms with van der Waals surface area (Å²) in [5, 5.41) is 0.395. The SMILES string of the molecule is Cc1cc(C)cc(S(=O)(=O)c2c(C(N)=O)[nH]c(C(=O)N(C)Cc3ccncc3Cl)c2C)c1. The van der Waals surface area contributed by atoms with Crippen LogP contribution in [-0.4, -0.2) is 42.1 Å². The van der Waals surface area contributed by atoms with Gasteiger partial charge >= 0.3 is 0 Å². The summed E-state index contributed by atoms with van der Waals surface area (Å²) in [4.78, 5) is 32.9. The second kappa shape index (κ2) is 8.76. The number of aromatic amines is 1. The lowest BCUT2D eigenvalue weighted by Gasteiger charge is -2.17. The first kappa shape index (κ1) is 23.5. The summed E-state index contributed by atoms with van der Waals surface area (Å²) < 4.78 is 26.9. The third-order valence-electron chi connectivity index (χ3n) is 5.04. The van der Waals surface area contributed by atoms with Crippen LogP contribution in [0.2, 0.25) is 5.02 Å². The highest BCUT2D eigenvalue weighted by Gasteiger charge is 2.33. The number of amides is 2. The van der Waals surface area contributed by atoms with E-state index in [1.54, 1.807) is 33.2 Å². The van der Waals surface area contributed by atoms with E-state index in [-0.39, 0.29) is 33.3 Å². The van der Waals surface area contributed by atoms with Crippen molar-refractivity contribution < 1.29 is 18.0 Å². The number of carbonyl (C=O) groups is 2. The molecule has 0 aliphatic carbocycles. The summed E-state index contributed by atoms with van der Waals surface area (Å²) in [5.41, 5.74) is 7.39. The van der Waals surface area contributed by atoms with Crippen molar-refractivity contribution in [2.24, 2.45) is 5.73 Å². The number of H-pyrrole nitrogens is 1. The molecule has 10 heteroatoms. The number of carbonyl (C=O) groups excluding carboxylic acids is 2. The van der Waals surface area contributed by atoms with Crippen LogP contribution in [-0.2, 0) is 16.4 Å². The van der Waals surface area contributed by atoms with Gasteiger partial charge in [-0.05, 0) is 61.2 Å². The number of sulfone groups is 1. The van der Waals surface area contributed by atoms with Gasteiger partial charge in [-0.3, -0.25) is 14.6 Å². The molecule has 3 aromatic rings. The first-order valence-electron chi connectivity index (χ1n) is 9.63. The molecule has 2 aromatic heterocycles. The number of nitrogens with one attached hydrogen (secondary N) is 1. The number of halogens is 1. The summed E-state index contributed by atoms with van der Waals surface area (Å²) >= 11 is 6.13. The molecular formula is C22H23ClN4O4S. The molecule has 0 fully saturated rings. The number of nitrogens with two attached hydrogens (primary N) is 1. The molecule has 0 aliphatic rings. The molecule has 0 aliphatic heterocycles. The normalized spacial score (nSPS) is 11.4. The molecule has 0 bridgehead atoms. The Balaban J connectivity index is 2.09. The molecular weight excluding hydrogens is 452 g/mol. The summed E-state index contributed by atoms with van der Waals surface area (Å²) in [5.74, 6) is -1.49. The van der Waals surface area contributed by atoms with Crippen molar-refractivity contribution in [1.29, 1.82) is 0 Å². The minimum absolute atomic E-state index is 0.0236. The maximum atomic E-state index is 13.4. The number of aryl methyl sites for hydroxylation is 2. The quantitative estimate of drug-likeness (QED) is 0.567. The zero-order chi connectivity index (χ0) is 23.8. The van der Waals surface area contributed by atoms with Gasteiger partial charge in [0.2, 0.25) is 9.84 Å². The molecule has 1 aromatic carbocycles. The Morgan fingerprint density at radius 1 is 1.12 bits per heavy atom. The minimum Gasteiger partial charge on any atom is -0.364 e. The lowest BCUT2D eigenvalue weighted by atomic mass is 10.2. The molecule has 0 saturated heterocycles. The van der Waals surface area contributed by atoms with E-state index in [0.29, 0.717) is 10.6 Å². The maximum absolute atomic E-state index is 13.4. The lowest BCUT2D eigenvalue weighted by Crippen LogP contribution is -2.27. The highest BCUT2D eigenvalue weighted by molar-refractivity contribution is 7.91. The predicted molar refractivity (Wildman–Crippen MR) is 120 cm³/mol. The monoisotopic (exact) mass is 474 g/mol. The topological polar surface area (TPSA) is 126 Å². The number of rotatable bonds is 6. The van der Waals surface area contributed by atoms with Crippen molar-refractivity contribution in [3.05, 3.63) is 75.3 Å². The van der Waals surface area contributed by atoms with Gasteiger partial charge in [-0.2, -0.15) is 0 Å². The fraction of sp³-hybridized carbons (Fsp3) is 0.227. The van der Waals surface area contributed by atoms with E-state index in [9.17, 15) is 18.0 Å². The molecule has 168 valence electrons. The van der Waals surface area contributed by atoms with Gasteiger partial charge in [0, 0.05) is 26.0 Å². The van der Waals surface area contributed by atoms with E-state index < -0.39 is 21.7 Å². The number of aromatic nitrogens is 2. The zero-order valence-electron chi connectivity index (χ0n) is 18.1. The van der Waals surface area contributed by atoms with E-state index in [0.717, 1.165) is 11.1 Å². The van der Waals surface area contributed by atoms with Crippen molar-refractivity contribution in [3.63, 3.8) is 0 Å². The highest BCUT2D eigenvalue weighted by atomic mass is 35.5. The second-order valence-electron chi connectivity index (χ2n) is 7.65. The number of hydrogen-bond donors (Lipinski definition) is 2. The summed E-state index contributed by atoms with van der Waals surface area (Å²) in [7, 11) is -2.58. The standard InChI is InChI=1S/C22H23ClN4O4S/c1-12-7-13(2)9-16(8-12)32(30,31)20-14(3)18(26-19(20)21(24)28)22(29)27(4)11-15-5-6-25-10-17(15)23/h5-10,26H,11H2,1-4H3,(H2,24,28). The van der Waals surface area contributed by atoms with Crippen LogP contribution in [0.15, 0.2) is 46.5 Å². The van der Waals surface area contributed by atoms with E-state index in [1.165, 1.54) is 30.2 Å². The minimum atomic E-state index is -4.13. The smallest absolute Gasteiger partial charge is 0.270 e. The molecule has 32 heavy (non-hydrogen) atoms. The molecule has 2 amide bonds. The van der Waals surface area contributed by atoms with Crippen LogP contribution >= 0.6 is 11.6 Å². The van der Waals surface area contributed by atoms with Gasteiger partial charge in [-0.15, -0.1) is 0 Å². The summed E-state index contributed by atoms with van der Waals surface area (Å²) in [6.07, 6.45) is 3.02. The number of primary amides is 1. The Kier molecular flexibility index (Phi) is 6.43. The highest BCUT2D eigenvalue weighted by Crippen LogP contribution is 2.31. The number of pyridine rings is 1. The van der Waals surface area contributed by atoms with Crippen molar-refractivity contribution in [2.75, 3.05) is 7.05 Å². The molecule has 3 rings (SSSR count). The van der Waals surface area contributed by atoms with E-state index in [2.05, 4.69) is 9.97 Å². The molecule has 0 atom stereocenters. The third kappa shape index (κ3) is 4.39. The van der Waals surface area contributed by atoms with Crippen LogP contribution in [0.25, 0.3) is 0 Å². The van der Waals surface area contributed by atoms with Gasteiger partial charge in [0.1, 0.15) is 16.3 Å². The van der Waals surface area contributed by atoms with Crippen LogP contribution in [0.1, 0.15) is 43.2 Å². The third-order valence-corrected chi connectivity index (χ3v) is 7.28. The molecule has 0 spiro atoms. The first-order valence-corrected chi connectivity index (χ1v) is 11.5. The van der Waals surface area contributed by atoms with Crippen molar-refractivity contribution in [2.45, 2.75) is 37.1 Å². The van der Waals surface area contributed by atoms with Gasteiger partial charge in [0.25, 0.3) is 11.8 Å². The average Bonchev–Trinajstić information content (AvgIpc) is 3.06. The van der Waals surface area contributed by atoms with Gasteiger partial charge in [0.05, 0.1) is 9.92 Å². The van der Waals surface area contributed by atoms with Crippen molar-refractivity contribution >= 4 is 33.3 Å².